The summed E-state index contributed by atoms with van der Waals surface area (Å²) >= 11 is 0. The van der Waals surface area contributed by atoms with Crippen molar-refractivity contribution in [2.24, 2.45) is 10.9 Å². The van der Waals surface area contributed by atoms with Crippen molar-refractivity contribution >= 4 is 39.8 Å². The fourth-order valence-corrected chi connectivity index (χ4v) is 5.49. The third-order valence-electron chi connectivity index (χ3n) is 5.01. The predicted molar refractivity (Wildman–Crippen MR) is 118 cm³/mol. The normalized spacial score (nSPS) is 24.4. The van der Waals surface area contributed by atoms with Crippen molar-refractivity contribution in [3.8, 4) is 0 Å². The maximum absolute atomic E-state index is 11.6. The Morgan fingerprint density at radius 2 is 2.11 bits per heavy atom. The van der Waals surface area contributed by atoms with Gasteiger partial charge in [0.2, 0.25) is 0 Å². The number of guanidine groups is 1. The van der Waals surface area contributed by atoms with Crippen LogP contribution in [0.1, 0.15) is 51.2 Å². The molecule has 2 aliphatic heterocycles. The van der Waals surface area contributed by atoms with E-state index in [2.05, 4.69) is 44.2 Å². The molecule has 2 N–H and O–H groups in total. The smallest absolute Gasteiger partial charge is 0.191 e. The van der Waals surface area contributed by atoms with Gasteiger partial charge in [-0.2, -0.15) is 0 Å². The van der Waals surface area contributed by atoms with Gasteiger partial charge in [0.1, 0.15) is 11.6 Å². The lowest BCUT2D eigenvalue weighted by molar-refractivity contribution is 0.407. The van der Waals surface area contributed by atoms with Gasteiger partial charge in [-0.3, -0.25) is 4.99 Å². The van der Waals surface area contributed by atoms with Crippen LogP contribution in [0.4, 0.5) is 0 Å². The van der Waals surface area contributed by atoms with Crippen LogP contribution in [0, 0.1) is 5.92 Å². The fraction of sp³-hybridized carbons (Fsp3) is 0.824. The number of rotatable bonds is 5. The average Bonchev–Trinajstić information content (AvgIpc) is 3.15. The van der Waals surface area contributed by atoms with Crippen LogP contribution in [-0.4, -0.2) is 59.8 Å². The first-order valence-corrected chi connectivity index (χ1v) is 11.4. The van der Waals surface area contributed by atoms with Crippen LogP contribution in [0.2, 0.25) is 0 Å². The van der Waals surface area contributed by atoms with Crippen molar-refractivity contribution in [3.63, 3.8) is 0 Å². The van der Waals surface area contributed by atoms with E-state index in [1.165, 1.54) is 0 Å². The molecule has 1 aromatic rings. The summed E-state index contributed by atoms with van der Waals surface area (Å²) in [5, 5.41) is 15.4. The number of nitrogens with zero attached hydrogens (tertiary/aromatic N) is 4. The monoisotopic (exact) mass is 510 g/mol. The summed E-state index contributed by atoms with van der Waals surface area (Å²) in [7, 11) is -2.85. The van der Waals surface area contributed by atoms with Gasteiger partial charge in [0.15, 0.2) is 15.8 Å². The number of fused-ring (bicyclic) bond motifs is 1. The van der Waals surface area contributed by atoms with Gasteiger partial charge in [0, 0.05) is 38.0 Å². The van der Waals surface area contributed by atoms with E-state index in [1.807, 2.05) is 6.92 Å². The number of aryl methyl sites for hydroxylation is 1. The molecule has 3 heterocycles. The average molecular weight is 510 g/mol. The number of sulfone groups is 1. The molecule has 1 fully saturated rings. The molecule has 0 spiro atoms. The number of aromatic nitrogens is 3. The SMILES string of the molecule is CCNC(=NCC1CCS(=O)(=O)C1)NC1CCc2nnc(C(C)C)n2C1.I. The summed E-state index contributed by atoms with van der Waals surface area (Å²) in [6.45, 7) is 8.46. The van der Waals surface area contributed by atoms with Gasteiger partial charge in [-0.1, -0.05) is 13.8 Å². The van der Waals surface area contributed by atoms with Crippen molar-refractivity contribution < 1.29 is 8.42 Å². The molecule has 154 valence electrons. The van der Waals surface area contributed by atoms with E-state index >= 15 is 0 Å². The highest BCUT2D eigenvalue weighted by Gasteiger charge is 2.28. The molecule has 0 aliphatic carbocycles. The van der Waals surface area contributed by atoms with E-state index < -0.39 is 9.84 Å². The van der Waals surface area contributed by atoms with E-state index in [0.717, 1.165) is 50.0 Å². The van der Waals surface area contributed by atoms with Crippen LogP contribution in [-0.2, 0) is 22.8 Å². The Bertz CT molecular complexity index is 761. The molecule has 0 aromatic carbocycles. The molecular formula is C17H31IN6O2S. The molecule has 0 bridgehead atoms. The van der Waals surface area contributed by atoms with Crippen molar-refractivity contribution in [3.05, 3.63) is 11.6 Å². The van der Waals surface area contributed by atoms with Gasteiger partial charge < -0.3 is 15.2 Å². The predicted octanol–water partition coefficient (Wildman–Crippen LogP) is 1.32. The molecule has 2 unspecified atom stereocenters. The minimum Gasteiger partial charge on any atom is -0.357 e. The van der Waals surface area contributed by atoms with E-state index in [9.17, 15) is 8.42 Å². The Hall–Kier alpha value is -0.910. The molecule has 1 saturated heterocycles. The molecule has 3 rings (SSSR count). The van der Waals surface area contributed by atoms with Gasteiger partial charge >= 0.3 is 0 Å². The molecule has 2 aliphatic rings. The zero-order valence-electron chi connectivity index (χ0n) is 16.3. The molecule has 1 aromatic heterocycles. The second kappa shape index (κ2) is 9.53. The van der Waals surface area contributed by atoms with E-state index in [0.29, 0.717) is 18.2 Å². The van der Waals surface area contributed by atoms with Crippen LogP contribution in [0.5, 0.6) is 0 Å². The lowest BCUT2D eigenvalue weighted by Crippen LogP contribution is -2.47. The van der Waals surface area contributed by atoms with E-state index in [1.54, 1.807) is 0 Å². The Balaban J connectivity index is 0.00000261. The summed E-state index contributed by atoms with van der Waals surface area (Å²) in [4.78, 5) is 4.65. The molecule has 0 radical (unpaired) electrons. The number of nitrogens with one attached hydrogen (secondary N) is 2. The van der Waals surface area contributed by atoms with Crippen LogP contribution in [0.3, 0.4) is 0 Å². The van der Waals surface area contributed by atoms with Crippen molar-refractivity contribution in [2.45, 2.75) is 58.5 Å². The highest BCUT2D eigenvalue weighted by Crippen LogP contribution is 2.20. The number of hydrogen-bond donors (Lipinski definition) is 2. The lowest BCUT2D eigenvalue weighted by atomic mass is 10.1. The third-order valence-corrected chi connectivity index (χ3v) is 6.85. The summed E-state index contributed by atoms with van der Waals surface area (Å²) in [5.74, 6) is 3.91. The zero-order valence-corrected chi connectivity index (χ0v) is 19.5. The Kier molecular flexibility index (Phi) is 7.90. The second-order valence-corrected chi connectivity index (χ2v) is 9.84. The molecular weight excluding hydrogens is 479 g/mol. The fourth-order valence-electron chi connectivity index (χ4n) is 3.64. The first-order valence-electron chi connectivity index (χ1n) is 9.55. The van der Waals surface area contributed by atoms with Crippen LogP contribution in [0.25, 0.3) is 0 Å². The minimum atomic E-state index is -2.85. The summed E-state index contributed by atoms with van der Waals surface area (Å²) in [6.07, 6.45) is 2.60. The van der Waals surface area contributed by atoms with Crippen molar-refractivity contribution in [2.75, 3.05) is 24.6 Å². The zero-order chi connectivity index (χ0) is 18.7. The Morgan fingerprint density at radius 1 is 1.33 bits per heavy atom. The molecule has 0 saturated carbocycles. The standard InChI is InChI=1S/C17H30N6O2S.HI/c1-4-18-17(19-9-13-7-8-26(24,25)11-13)20-14-5-6-15-21-22-16(12(2)3)23(15)10-14;/h12-14H,4-11H2,1-3H3,(H2,18,19,20);1H. The lowest BCUT2D eigenvalue weighted by Gasteiger charge is -2.27. The van der Waals surface area contributed by atoms with Gasteiger partial charge in [-0.05, 0) is 25.7 Å². The number of hydrogen-bond acceptors (Lipinski definition) is 5. The quantitative estimate of drug-likeness (QED) is 0.352. The Morgan fingerprint density at radius 3 is 2.74 bits per heavy atom. The minimum absolute atomic E-state index is 0. The van der Waals surface area contributed by atoms with Crippen molar-refractivity contribution in [1.29, 1.82) is 0 Å². The first-order chi connectivity index (χ1) is 12.4. The first kappa shape index (κ1) is 22.4. The van der Waals surface area contributed by atoms with Gasteiger partial charge in [0.25, 0.3) is 0 Å². The van der Waals surface area contributed by atoms with Crippen LogP contribution in [0.15, 0.2) is 4.99 Å². The van der Waals surface area contributed by atoms with Crippen molar-refractivity contribution in [1.82, 2.24) is 25.4 Å². The topological polar surface area (TPSA) is 101 Å². The summed E-state index contributed by atoms with van der Waals surface area (Å²) in [6, 6.07) is 0.265. The highest BCUT2D eigenvalue weighted by atomic mass is 127. The molecule has 8 nitrogen and oxygen atoms in total. The Labute approximate surface area is 178 Å². The van der Waals surface area contributed by atoms with E-state index in [4.69, 9.17) is 0 Å². The molecule has 0 amide bonds. The van der Waals surface area contributed by atoms with Gasteiger partial charge in [-0.15, -0.1) is 34.2 Å². The van der Waals surface area contributed by atoms with Gasteiger partial charge in [-0.25, -0.2) is 8.42 Å². The summed E-state index contributed by atoms with van der Waals surface area (Å²) < 4.78 is 25.4. The van der Waals surface area contributed by atoms with Crippen LogP contribution >= 0.6 is 24.0 Å². The van der Waals surface area contributed by atoms with E-state index in [-0.39, 0.29) is 41.7 Å². The number of halogens is 1. The maximum Gasteiger partial charge on any atom is 0.191 e. The van der Waals surface area contributed by atoms with Crippen LogP contribution < -0.4 is 10.6 Å². The molecule has 10 heteroatoms. The van der Waals surface area contributed by atoms with Gasteiger partial charge in [0.05, 0.1) is 11.5 Å². The largest absolute Gasteiger partial charge is 0.357 e. The molecule has 27 heavy (non-hydrogen) atoms. The number of aliphatic imine (C=N–C) groups is 1. The third kappa shape index (κ3) is 5.78. The maximum atomic E-state index is 11.6. The molecule has 2 atom stereocenters. The second-order valence-electron chi connectivity index (χ2n) is 7.61. The summed E-state index contributed by atoms with van der Waals surface area (Å²) in [5.41, 5.74) is 0. The highest BCUT2D eigenvalue weighted by molar-refractivity contribution is 14.0.